The predicted molar refractivity (Wildman–Crippen MR) is 210 cm³/mol. The van der Waals surface area contributed by atoms with Crippen molar-refractivity contribution in [2.75, 3.05) is 4.67 Å². The van der Waals surface area contributed by atoms with Crippen molar-refractivity contribution in [1.82, 2.24) is 9.97 Å². The first kappa shape index (κ1) is 29.6. The van der Waals surface area contributed by atoms with Gasteiger partial charge in [-0.1, -0.05) is 97.1 Å². The lowest BCUT2D eigenvalue weighted by molar-refractivity contribution is 0.586. The Kier molecular flexibility index (Phi) is 6.74. The second-order valence-corrected chi connectivity index (χ2v) is 15.5. The first-order chi connectivity index (χ1) is 25.2. The van der Waals surface area contributed by atoms with Crippen LogP contribution in [0.2, 0.25) is 0 Å². The van der Waals surface area contributed by atoms with Gasteiger partial charge in [-0.2, -0.15) is 0 Å². The molecular weight excluding hydrogens is 642 g/mol. The van der Waals surface area contributed by atoms with Gasteiger partial charge in [0.15, 0.2) is 0 Å². The van der Waals surface area contributed by atoms with Gasteiger partial charge in [-0.25, -0.2) is 0 Å². The normalized spacial score (nSPS) is 13.3. The minimum absolute atomic E-state index is 0.863. The van der Waals surface area contributed by atoms with Crippen molar-refractivity contribution < 1.29 is 4.57 Å². The molecule has 10 rings (SSSR count). The summed E-state index contributed by atoms with van der Waals surface area (Å²) in [6.07, 6.45) is 3.65. The van der Waals surface area contributed by atoms with Crippen LogP contribution in [0.25, 0.3) is 67.0 Å². The lowest BCUT2D eigenvalue weighted by atomic mass is 9.93. The molecule has 2 aromatic heterocycles. The summed E-state index contributed by atoms with van der Waals surface area (Å²) < 4.78 is 18.2. The van der Waals surface area contributed by atoms with Crippen molar-refractivity contribution in [3.63, 3.8) is 0 Å². The minimum Gasteiger partial charge on any atom is -0.289 e. The molecule has 0 radical (unpaired) electrons. The number of aromatic nitrogens is 2. The molecule has 0 N–H and O–H groups in total. The summed E-state index contributed by atoms with van der Waals surface area (Å²) in [5, 5.41) is 1.73. The number of rotatable bonds is 4. The minimum atomic E-state index is -3.32. The molecular formula is C46H30N3OP. The molecule has 0 fully saturated rings. The summed E-state index contributed by atoms with van der Waals surface area (Å²) in [4.78, 5) is 9.16. The van der Waals surface area contributed by atoms with E-state index in [1.165, 1.54) is 0 Å². The number of pyridine rings is 2. The average molecular weight is 672 g/mol. The van der Waals surface area contributed by atoms with Crippen molar-refractivity contribution >= 4 is 29.3 Å². The summed E-state index contributed by atoms with van der Waals surface area (Å²) in [6.45, 7) is 0. The number of fused-ring (bicyclic) bond motifs is 11. The van der Waals surface area contributed by atoms with Crippen LogP contribution in [0.1, 0.15) is 0 Å². The molecule has 240 valence electrons. The lowest BCUT2D eigenvalue weighted by Gasteiger charge is -2.44. The fraction of sp³-hybridized carbons (Fsp3) is 0. The average Bonchev–Trinajstić information content (AvgIpc) is 3.21. The van der Waals surface area contributed by atoms with Gasteiger partial charge in [0.05, 0.1) is 22.8 Å². The summed E-state index contributed by atoms with van der Waals surface area (Å²) >= 11 is 0. The van der Waals surface area contributed by atoms with Gasteiger partial charge in [0.1, 0.15) is 0 Å². The van der Waals surface area contributed by atoms with Crippen LogP contribution in [-0.2, 0) is 4.57 Å². The zero-order chi connectivity index (χ0) is 33.9. The molecule has 0 spiro atoms. The number of anilines is 2. The Balaban J connectivity index is 1.15. The lowest BCUT2D eigenvalue weighted by Crippen LogP contribution is -2.37. The van der Waals surface area contributed by atoms with Gasteiger partial charge >= 0.3 is 0 Å². The highest BCUT2D eigenvalue weighted by Crippen LogP contribution is 2.66. The largest absolute Gasteiger partial charge is 0.289 e. The Morgan fingerprint density at radius 2 is 0.804 bits per heavy atom. The van der Waals surface area contributed by atoms with Crippen LogP contribution in [0.3, 0.4) is 0 Å². The van der Waals surface area contributed by atoms with Crippen LogP contribution < -0.4 is 15.3 Å². The maximum Gasteiger partial charge on any atom is 0.235 e. The van der Waals surface area contributed by atoms with Gasteiger partial charge in [0.25, 0.3) is 0 Å². The van der Waals surface area contributed by atoms with E-state index >= 15 is 4.57 Å². The Hall–Kier alpha value is -6.35. The second kappa shape index (κ2) is 11.6. The van der Waals surface area contributed by atoms with E-state index in [-0.39, 0.29) is 0 Å². The highest BCUT2D eigenvalue weighted by molar-refractivity contribution is 7.81. The summed E-state index contributed by atoms with van der Waals surface area (Å²) in [7, 11) is -3.32. The molecule has 51 heavy (non-hydrogen) atoms. The van der Waals surface area contributed by atoms with Crippen molar-refractivity contribution in [2.24, 2.45) is 0 Å². The molecule has 0 bridgehead atoms. The van der Waals surface area contributed by atoms with Gasteiger partial charge in [-0.3, -0.25) is 19.2 Å². The van der Waals surface area contributed by atoms with Gasteiger partial charge in [-0.05, 0) is 106 Å². The topological polar surface area (TPSA) is 46.1 Å². The van der Waals surface area contributed by atoms with Crippen molar-refractivity contribution in [3.8, 4) is 67.0 Å². The van der Waals surface area contributed by atoms with Crippen LogP contribution >= 0.6 is 7.29 Å². The Labute approximate surface area is 296 Å². The van der Waals surface area contributed by atoms with Crippen LogP contribution in [0, 0.1) is 0 Å². The van der Waals surface area contributed by atoms with E-state index in [9.17, 15) is 0 Å². The fourth-order valence-corrected chi connectivity index (χ4v) is 11.0. The van der Waals surface area contributed by atoms with E-state index in [0.29, 0.717) is 0 Å². The van der Waals surface area contributed by atoms with Crippen LogP contribution in [0.15, 0.2) is 182 Å². The predicted octanol–water partition coefficient (Wildman–Crippen LogP) is 11.2. The summed E-state index contributed by atoms with van der Waals surface area (Å²) in [5.74, 6) is 0. The van der Waals surface area contributed by atoms with Crippen LogP contribution in [0.5, 0.6) is 0 Å². The van der Waals surface area contributed by atoms with Gasteiger partial charge < -0.3 is 0 Å². The molecule has 0 amide bonds. The molecule has 0 saturated heterocycles. The third-order valence-electron chi connectivity index (χ3n) is 10.1. The molecule has 4 heterocycles. The first-order valence-electron chi connectivity index (χ1n) is 17.1. The summed E-state index contributed by atoms with van der Waals surface area (Å²) in [6, 6.07) is 58.6. The fourth-order valence-electron chi connectivity index (χ4n) is 7.73. The van der Waals surface area contributed by atoms with E-state index in [1.807, 2.05) is 73.1 Å². The van der Waals surface area contributed by atoms with Crippen LogP contribution in [-0.4, -0.2) is 9.97 Å². The van der Waals surface area contributed by atoms with E-state index in [1.54, 1.807) is 0 Å². The zero-order valence-electron chi connectivity index (χ0n) is 27.5. The SMILES string of the molecule is O=P12c3ccccc3-c3cc(-c4cccc(-c5ccccn5)c4)ccc3N1c1ccc(-c3cccc(-c4ccccn4)c3)cc1-c1ccccc12. The quantitative estimate of drug-likeness (QED) is 0.175. The smallest absolute Gasteiger partial charge is 0.235 e. The number of hydrogen-bond donors (Lipinski definition) is 0. The van der Waals surface area contributed by atoms with E-state index in [0.717, 1.165) is 89.0 Å². The third kappa shape index (κ3) is 4.65. The highest BCUT2D eigenvalue weighted by Gasteiger charge is 2.47. The molecule has 0 saturated carbocycles. The second-order valence-electron chi connectivity index (χ2n) is 13.0. The Morgan fingerprint density at radius 1 is 0.373 bits per heavy atom. The summed E-state index contributed by atoms with van der Waals surface area (Å²) in [5.41, 5.74) is 14.5. The molecule has 8 aromatic rings. The zero-order valence-corrected chi connectivity index (χ0v) is 28.4. The molecule has 4 nitrogen and oxygen atoms in total. The monoisotopic (exact) mass is 671 g/mol. The van der Waals surface area contributed by atoms with E-state index < -0.39 is 7.29 Å². The van der Waals surface area contributed by atoms with E-state index in [2.05, 4.69) is 124 Å². The maximum absolute atomic E-state index is 16.0. The van der Waals surface area contributed by atoms with Gasteiger partial charge in [-0.15, -0.1) is 0 Å². The Morgan fingerprint density at radius 3 is 1.27 bits per heavy atom. The molecule has 2 aliphatic rings. The van der Waals surface area contributed by atoms with Crippen molar-refractivity contribution in [3.05, 3.63) is 182 Å². The molecule has 2 aliphatic heterocycles. The third-order valence-corrected chi connectivity index (χ3v) is 13.2. The number of nitrogens with zero attached hydrogens (tertiary/aromatic N) is 3. The standard InChI is InChI=1S/C46H30N3OP/c50-51-45-19-3-1-15-37(45)39-29-33(31-11-9-13-35(27-31)41-17-5-7-25-47-41)21-23-43(39)49(51)44-24-22-34(30-40(44)38-16-2-4-20-46(38)51)32-12-10-14-36(28-32)42-18-6-8-26-48-42/h1-30H. The first-order valence-corrected chi connectivity index (χ1v) is 18.8. The van der Waals surface area contributed by atoms with Gasteiger partial charge in [0, 0.05) is 45.3 Å². The number of hydrogen-bond acceptors (Lipinski definition) is 3. The molecule has 0 atom stereocenters. The van der Waals surface area contributed by atoms with Gasteiger partial charge in [0.2, 0.25) is 7.29 Å². The Bertz CT molecular complexity index is 2510. The molecule has 0 aliphatic carbocycles. The van der Waals surface area contributed by atoms with E-state index in [4.69, 9.17) is 0 Å². The molecule has 5 heteroatoms. The maximum atomic E-state index is 16.0. The number of benzene rings is 6. The van der Waals surface area contributed by atoms with Crippen molar-refractivity contribution in [2.45, 2.75) is 0 Å². The van der Waals surface area contributed by atoms with Crippen LogP contribution in [0.4, 0.5) is 11.4 Å². The molecule has 0 unspecified atom stereocenters. The molecule has 6 aromatic carbocycles. The van der Waals surface area contributed by atoms with Crippen molar-refractivity contribution in [1.29, 1.82) is 0 Å². The highest BCUT2D eigenvalue weighted by atomic mass is 31.2.